The molecule has 0 N–H and O–H groups in total. The lowest BCUT2D eigenvalue weighted by Crippen LogP contribution is -2.59. The molecule has 4 aliphatic carbocycles. The Morgan fingerprint density at radius 2 is 1.76 bits per heavy atom. The van der Waals surface area contributed by atoms with Crippen LogP contribution in [0.3, 0.4) is 0 Å². The van der Waals surface area contributed by atoms with Gasteiger partial charge in [-0.25, -0.2) is 0 Å². The van der Waals surface area contributed by atoms with E-state index in [9.17, 15) is 9.59 Å². The van der Waals surface area contributed by atoms with Gasteiger partial charge in [0.2, 0.25) is 0 Å². The van der Waals surface area contributed by atoms with E-state index in [-0.39, 0.29) is 22.9 Å². The number of Topliss-reactive ketones (excluding diaryl/α,β-unsaturated/α-hetero) is 1. The number of hydrogen-bond donors (Lipinski definition) is 0. The molecule has 3 heteroatoms. The molecule has 0 aromatic rings. The first-order valence-electron chi connectivity index (χ1n) is 14.2. The number of ketones is 1. The number of fused-ring (bicyclic) bond motifs is 5. The zero-order valence-electron chi connectivity index (χ0n) is 22.5. The summed E-state index contributed by atoms with van der Waals surface area (Å²) in [6.07, 6.45) is 11.3. The minimum atomic E-state index is -0.119. The van der Waals surface area contributed by atoms with Crippen molar-refractivity contribution in [3.8, 4) is 0 Å². The molecule has 10 atom stereocenters. The van der Waals surface area contributed by atoms with Gasteiger partial charge in [0, 0.05) is 25.7 Å². The number of esters is 1. The van der Waals surface area contributed by atoms with Gasteiger partial charge in [-0.05, 0) is 90.8 Å². The number of rotatable bonds is 6. The highest BCUT2D eigenvalue weighted by Gasteiger charge is 2.64. The standard InChI is InChI=1S/C30H50O3/c1-18(2)19(3)8-9-20(4)25-12-13-26-24-11-10-22-16-23(32)14-15-29(22,6)28(24)27(33-21(5)31)17-30(25,26)7/h18-20,22,24-28H,8-17H2,1-7H3/t19-,20+,22-,24-,25+,26+,27+,28-,29+,30-/m0/s1. The van der Waals surface area contributed by atoms with E-state index in [0.29, 0.717) is 23.5 Å². The van der Waals surface area contributed by atoms with Crippen LogP contribution in [0.2, 0.25) is 0 Å². The van der Waals surface area contributed by atoms with Gasteiger partial charge in [0.1, 0.15) is 11.9 Å². The quantitative estimate of drug-likeness (QED) is 0.388. The van der Waals surface area contributed by atoms with Crippen LogP contribution < -0.4 is 0 Å². The van der Waals surface area contributed by atoms with Gasteiger partial charge in [-0.3, -0.25) is 9.59 Å². The molecule has 0 aromatic carbocycles. The van der Waals surface area contributed by atoms with Crippen molar-refractivity contribution < 1.29 is 14.3 Å². The number of hydrogen-bond acceptors (Lipinski definition) is 3. The van der Waals surface area contributed by atoms with Gasteiger partial charge in [-0.15, -0.1) is 0 Å². The maximum atomic E-state index is 12.3. The van der Waals surface area contributed by atoms with E-state index < -0.39 is 0 Å². The fourth-order valence-electron chi connectivity index (χ4n) is 9.49. The van der Waals surface area contributed by atoms with E-state index in [2.05, 4.69) is 41.5 Å². The van der Waals surface area contributed by atoms with Crippen molar-refractivity contribution in [2.75, 3.05) is 0 Å². The van der Waals surface area contributed by atoms with E-state index in [1.807, 2.05) is 0 Å². The van der Waals surface area contributed by atoms with Crippen molar-refractivity contribution in [3.63, 3.8) is 0 Å². The van der Waals surface area contributed by atoms with Gasteiger partial charge in [-0.2, -0.15) is 0 Å². The predicted molar refractivity (Wildman–Crippen MR) is 134 cm³/mol. The largest absolute Gasteiger partial charge is 0.462 e. The van der Waals surface area contributed by atoms with Crippen molar-refractivity contribution in [1.82, 2.24) is 0 Å². The second kappa shape index (κ2) is 9.30. The lowest BCUT2D eigenvalue weighted by molar-refractivity contribution is -0.195. The van der Waals surface area contributed by atoms with Crippen LogP contribution >= 0.6 is 0 Å². The molecule has 0 saturated heterocycles. The SMILES string of the molecule is CC(=O)O[C@@H]1C[C@]2(C)[C@H](CC[C@@H]2[C@H](C)CC[C@H](C)C(C)C)[C@@H]2CC[C@H]3CC(=O)CC[C@@]3(C)[C@@H]21. The number of ether oxygens (including phenoxy) is 1. The Labute approximate surface area is 203 Å². The Morgan fingerprint density at radius 1 is 1.03 bits per heavy atom. The summed E-state index contributed by atoms with van der Waals surface area (Å²) in [4.78, 5) is 24.6. The highest BCUT2D eigenvalue weighted by molar-refractivity contribution is 5.79. The molecule has 3 nitrogen and oxygen atoms in total. The number of carbonyl (C=O) groups excluding carboxylic acids is 2. The second-order valence-corrected chi connectivity index (χ2v) is 13.6. The Morgan fingerprint density at radius 3 is 2.42 bits per heavy atom. The third kappa shape index (κ3) is 4.44. The highest BCUT2D eigenvalue weighted by atomic mass is 16.5. The molecule has 188 valence electrons. The van der Waals surface area contributed by atoms with Crippen molar-refractivity contribution in [2.24, 2.45) is 58.2 Å². The van der Waals surface area contributed by atoms with Gasteiger partial charge in [0.25, 0.3) is 0 Å². The zero-order chi connectivity index (χ0) is 24.1. The smallest absolute Gasteiger partial charge is 0.302 e. The maximum absolute atomic E-state index is 12.3. The molecular formula is C30H50O3. The average Bonchev–Trinajstić information content (AvgIpc) is 3.08. The molecule has 4 saturated carbocycles. The Hall–Kier alpha value is -0.860. The molecule has 0 aliphatic heterocycles. The summed E-state index contributed by atoms with van der Waals surface area (Å²) in [7, 11) is 0. The Kier molecular flexibility index (Phi) is 7.12. The lowest BCUT2D eigenvalue weighted by Gasteiger charge is -2.62. The van der Waals surface area contributed by atoms with Gasteiger partial charge < -0.3 is 4.74 Å². The topological polar surface area (TPSA) is 43.4 Å². The molecule has 33 heavy (non-hydrogen) atoms. The van der Waals surface area contributed by atoms with Crippen LogP contribution in [0.1, 0.15) is 113 Å². The molecule has 4 fully saturated rings. The molecule has 0 aromatic heterocycles. The minimum absolute atomic E-state index is 0.0251. The van der Waals surface area contributed by atoms with Gasteiger partial charge >= 0.3 is 5.97 Å². The van der Waals surface area contributed by atoms with Crippen LogP contribution in [0.25, 0.3) is 0 Å². The molecule has 0 amide bonds. The second-order valence-electron chi connectivity index (χ2n) is 13.6. The average molecular weight is 459 g/mol. The molecular weight excluding hydrogens is 408 g/mol. The van der Waals surface area contributed by atoms with Crippen LogP contribution in [0.15, 0.2) is 0 Å². The summed E-state index contributed by atoms with van der Waals surface area (Å²) in [5.74, 6) is 5.65. The lowest BCUT2D eigenvalue weighted by atomic mass is 9.43. The molecule has 0 unspecified atom stereocenters. The minimum Gasteiger partial charge on any atom is -0.462 e. The van der Waals surface area contributed by atoms with Gasteiger partial charge in [0.15, 0.2) is 0 Å². The van der Waals surface area contributed by atoms with Gasteiger partial charge in [0.05, 0.1) is 0 Å². The van der Waals surface area contributed by atoms with Crippen LogP contribution in [0.4, 0.5) is 0 Å². The first-order valence-corrected chi connectivity index (χ1v) is 14.2. The summed E-state index contributed by atoms with van der Waals surface area (Å²) in [6, 6.07) is 0. The van der Waals surface area contributed by atoms with Crippen LogP contribution in [-0.4, -0.2) is 17.9 Å². The molecule has 0 spiro atoms. The summed E-state index contributed by atoms with van der Waals surface area (Å²) in [5, 5.41) is 0. The fourth-order valence-corrected chi connectivity index (χ4v) is 9.49. The molecule has 0 radical (unpaired) electrons. The van der Waals surface area contributed by atoms with Crippen molar-refractivity contribution in [3.05, 3.63) is 0 Å². The van der Waals surface area contributed by atoms with Crippen LogP contribution in [-0.2, 0) is 14.3 Å². The molecule has 4 aliphatic rings. The summed E-state index contributed by atoms with van der Waals surface area (Å²) in [5.41, 5.74) is 0.421. The van der Waals surface area contributed by atoms with Crippen molar-refractivity contribution in [1.29, 1.82) is 0 Å². The third-order valence-electron chi connectivity index (χ3n) is 11.7. The molecule has 4 rings (SSSR count). The highest BCUT2D eigenvalue weighted by Crippen LogP contribution is 2.68. The summed E-state index contributed by atoms with van der Waals surface area (Å²) < 4.78 is 6.21. The zero-order valence-corrected chi connectivity index (χ0v) is 22.5. The first kappa shape index (κ1) is 25.2. The fraction of sp³-hybridized carbons (Fsp3) is 0.933. The van der Waals surface area contributed by atoms with Crippen molar-refractivity contribution in [2.45, 2.75) is 119 Å². The third-order valence-corrected chi connectivity index (χ3v) is 11.7. The van der Waals surface area contributed by atoms with E-state index in [1.54, 1.807) is 6.92 Å². The summed E-state index contributed by atoms with van der Waals surface area (Å²) in [6.45, 7) is 16.2. The molecule has 0 heterocycles. The van der Waals surface area contributed by atoms with E-state index in [1.165, 1.54) is 38.5 Å². The van der Waals surface area contributed by atoms with Crippen molar-refractivity contribution >= 4 is 11.8 Å². The van der Waals surface area contributed by atoms with Crippen LogP contribution in [0.5, 0.6) is 0 Å². The van der Waals surface area contributed by atoms with E-state index in [0.717, 1.165) is 55.3 Å². The predicted octanol–water partition coefficient (Wildman–Crippen LogP) is 7.46. The monoisotopic (exact) mass is 458 g/mol. The number of carbonyl (C=O) groups is 2. The Bertz CT molecular complexity index is 743. The Balaban J connectivity index is 1.59. The normalized spacial score (nSPS) is 44.5. The summed E-state index contributed by atoms with van der Waals surface area (Å²) >= 11 is 0. The maximum Gasteiger partial charge on any atom is 0.302 e. The first-order chi connectivity index (χ1) is 15.5. The van der Waals surface area contributed by atoms with Gasteiger partial charge in [-0.1, -0.05) is 54.4 Å². The van der Waals surface area contributed by atoms with Crippen LogP contribution in [0, 0.1) is 58.2 Å². The van der Waals surface area contributed by atoms with E-state index >= 15 is 0 Å². The molecule has 0 bridgehead atoms. The van der Waals surface area contributed by atoms with E-state index in [4.69, 9.17) is 4.74 Å².